The van der Waals surface area contributed by atoms with Gasteiger partial charge >= 0.3 is 0 Å². The number of hydrogen-bond acceptors (Lipinski definition) is 5. The Kier molecular flexibility index (Phi) is 4.60. The Balaban J connectivity index is 1.96. The zero-order valence-corrected chi connectivity index (χ0v) is 10.3. The summed E-state index contributed by atoms with van der Waals surface area (Å²) >= 11 is 0. The van der Waals surface area contributed by atoms with E-state index in [1.165, 1.54) is 12.4 Å². The molecule has 1 aliphatic rings. The highest BCUT2D eigenvalue weighted by Crippen LogP contribution is 2.06. The Morgan fingerprint density at radius 3 is 2.89 bits per heavy atom. The molecule has 1 aromatic heterocycles. The maximum atomic E-state index is 12.2. The molecular weight excluding hydrogens is 232 g/mol. The quantitative estimate of drug-likeness (QED) is 0.791. The summed E-state index contributed by atoms with van der Waals surface area (Å²) in [7, 11) is 0. The maximum absolute atomic E-state index is 12.2. The molecule has 0 spiro atoms. The first-order valence-corrected chi connectivity index (χ1v) is 6.20. The van der Waals surface area contributed by atoms with Crippen molar-refractivity contribution < 1.29 is 9.90 Å². The van der Waals surface area contributed by atoms with Crippen molar-refractivity contribution in [1.29, 1.82) is 0 Å². The maximum Gasteiger partial charge on any atom is 0.274 e. The minimum atomic E-state index is -0.0612. The predicted octanol–water partition coefficient (Wildman–Crippen LogP) is -0.383. The van der Waals surface area contributed by atoms with Gasteiger partial charge in [0.2, 0.25) is 0 Å². The van der Waals surface area contributed by atoms with E-state index in [1.54, 1.807) is 11.1 Å². The van der Waals surface area contributed by atoms with Crippen LogP contribution in [-0.2, 0) is 0 Å². The summed E-state index contributed by atoms with van der Waals surface area (Å²) in [6.07, 6.45) is 5.51. The first kappa shape index (κ1) is 12.9. The van der Waals surface area contributed by atoms with Crippen molar-refractivity contribution in [3.63, 3.8) is 0 Å². The van der Waals surface area contributed by atoms with Gasteiger partial charge in [-0.05, 0) is 13.0 Å². The first-order valence-electron chi connectivity index (χ1n) is 6.20. The summed E-state index contributed by atoms with van der Waals surface area (Å²) in [6, 6.07) is 0. The number of carbonyl (C=O) groups excluding carboxylic acids is 1. The van der Waals surface area contributed by atoms with Crippen LogP contribution in [0.4, 0.5) is 0 Å². The zero-order chi connectivity index (χ0) is 12.8. The normalized spacial score (nSPS) is 17.5. The minimum Gasteiger partial charge on any atom is -0.395 e. The monoisotopic (exact) mass is 250 g/mol. The van der Waals surface area contributed by atoms with E-state index in [-0.39, 0.29) is 12.5 Å². The molecule has 1 N–H and O–H groups in total. The van der Waals surface area contributed by atoms with Gasteiger partial charge in [0.15, 0.2) is 0 Å². The third-order valence-electron chi connectivity index (χ3n) is 3.07. The third-order valence-corrected chi connectivity index (χ3v) is 3.07. The number of amides is 1. The fourth-order valence-corrected chi connectivity index (χ4v) is 2.11. The number of aliphatic hydroxyl groups is 1. The molecule has 2 rings (SSSR count). The Morgan fingerprint density at radius 2 is 2.17 bits per heavy atom. The van der Waals surface area contributed by atoms with Crippen LogP contribution in [0.5, 0.6) is 0 Å². The number of nitrogens with zero attached hydrogens (tertiary/aromatic N) is 4. The number of carbonyl (C=O) groups is 1. The van der Waals surface area contributed by atoms with Crippen molar-refractivity contribution in [2.45, 2.75) is 6.42 Å². The van der Waals surface area contributed by atoms with Gasteiger partial charge in [0, 0.05) is 38.6 Å². The lowest BCUT2D eigenvalue weighted by Gasteiger charge is -2.20. The lowest BCUT2D eigenvalue weighted by Crippen LogP contribution is -2.36. The number of β-amino-alcohol motifs (C(OH)–C–C–N with tert-alkyl or cyclic N) is 1. The molecule has 0 aromatic carbocycles. The molecule has 1 amide bonds. The average molecular weight is 250 g/mol. The molecule has 1 saturated heterocycles. The molecule has 98 valence electrons. The standard InChI is InChI=1S/C12H18N4O2/c17-9-8-15-4-1-5-16(7-6-15)12(18)11-10-13-2-3-14-11/h2-3,10,17H,1,4-9H2. The summed E-state index contributed by atoms with van der Waals surface area (Å²) in [5, 5.41) is 8.92. The first-order chi connectivity index (χ1) is 8.81. The molecule has 0 bridgehead atoms. The van der Waals surface area contributed by atoms with Gasteiger partial charge in [-0.3, -0.25) is 14.7 Å². The Bertz CT molecular complexity index is 385. The highest BCUT2D eigenvalue weighted by Gasteiger charge is 2.20. The van der Waals surface area contributed by atoms with Gasteiger partial charge in [0.1, 0.15) is 5.69 Å². The molecule has 0 saturated carbocycles. The topological polar surface area (TPSA) is 69.6 Å². The number of rotatable bonds is 3. The Hall–Kier alpha value is -1.53. The van der Waals surface area contributed by atoms with Crippen LogP contribution in [0, 0.1) is 0 Å². The molecule has 1 fully saturated rings. The fourth-order valence-electron chi connectivity index (χ4n) is 2.11. The van der Waals surface area contributed by atoms with E-state index in [9.17, 15) is 4.79 Å². The second kappa shape index (κ2) is 6.42. The minimum absolute atomic E-state index is 0.0612. The van der Waals surface area contributed by atoms with Crippen LogP contribution >= 0.6 is 0 Å². The van der Waals surface area contributed by atoms with Crippen molar-refractivity contribution in [2.75, 3.05) is 39.3 Å². The largest absolute Gasteiger partial charge is 0.395 e. The predicted molar refractivity (Wildman–Crippen MR) is 66.1 cm³/mol. The average Bonchev–Trinajstić information content (AvgIpc) is 2.65. The van der Waals surface area contributed by atoms with Crippen molar-refractivity contribution in [3.05, 3.63) is 24.3 Å². The van der Waals surface area contributed by atoms with Crippen LogP contribution in [0.15, 0.2) is 18.6 Å². The lowest BCUT2D eigenvalue weighted by atomic mass is 10.3. The molecule has 1 aliphatic heterocycles. The van der Waals surface area contributed by atoms with Gasteiger partial charge in [0.25, 0.3) is 5.91 Å². The summed E-state index contributed by atoms with van der Waals surface area (Å²) < 4.78 is 0. The van der Waals surface area contributed by atoms with Crippen molar-refractivity contribution in [3.8, 4) is 0 Å². The molecule has 0 radical (unpaired) electrons. The van der Waals surface area contributed by atoms with Crippen molar-refractivity contribution in [1.82, 2.24) is 19.8 Å². The van der Waals surface area contributed by atoms with Crippen LogP contribution in [0.25, 0.3) is 0 Å². The summed E-state index contributed by atoms with van der Waals surface area (Å²) in [4.78, 5) is 24.1. The van der Waals surface area contributed by atoms with Crippen molar-refractivity contribution in [2.24, 2.45) is 0 Å². The van der Waals surface area contributed by atoms with E-state index < -0.39 is 0 Å². The second-order valence-corrected chi connectivity index (χ2v) is 4.30. The van der Waals surface area contributed by atoms with Gasteiger partial charge in [0.05, 0.1) is 12.8 Å². The van der Waals surface area contributed by atoms with Crippen LogP contribution < -0.4 is 0 Å². The van der Waals surface area contributed by atoms with Gasteiger partial charge in [-0.15, -0.1) is 0 Å². The molecule has 0 atom stereocenters. The van der Waals surface area contributed by atoms with E-state index in [1.807, 2.05) is 0 Å². The number of hydrogen-bond donors (Lipinski definition) is 1. The zero-order valence-electron chi connectivity index (χ0n) is 10.3. The molecule has 18 heavy (non-hydrogen) atoms. The van der Waals surface area contributed by atoms with Crippen LogP contribution in [0.3, 0.4) is 0 Å². The van der Waals surface area contributed by atoms with Gasteiger partial charge in [-0.25, -0.2) is 4.98 Å². The summed E-state index contributed by atoms with van der Waals surface area (Å²) in [6.45, 7) is 3.97. The van der Waals surface area contributed by atoms with Crippen LogP contribution in [-0.4, -0.2) is 70.1 Å². The highest BCUT2D eigenvalue weighted by molar-refractivity contribution is 5.91. The van der Waals surface area contributed by atoms with Crippen LogP contribution in [0.2, 0.25) is 0 Å². The number of aliphatic hydroxyl groups excluding tert-OH is 1. The van der Waals surface area contributed by atoms with Gasteiger partial charge in [-0.1, -0.05) is 0 Å². The van der Waals surface area contributed by atoms with Gasteiger partial charge < -0.3 is 10.0 Å². The van der Waals surface area contributed by atoms with E-state index >= 15 is 0 Å². The molecular formula is C12H18N4O2. The molecule has 6 heteroatoms. The van der Waals surface area contributed by atoms with E-state index in [4.69, 9.17) is 5.11 Å². The molecule has 0 unspecified atom stereocenters. The van der Waals surface area contributed by atoms with E-state index in [0.29, 0.717) is 18.8 Å². The second-order valence-electron chi connectivity index (χ2n) is 4.30. The molecule has 1 aromatic rings. The number of aromatic nitrogens is 2. The fraction of sp³-hybridized carbons (Fsp3) is 0.583. The van der Waals surface area contributed by atoms with Gasteiger partial charge in [-0.2, -0.15) is 0 Å². The lowest BCUT2D eigenvalue weighted by molar-refractivity contribution is 0.0754. The summed E-state index contributed by atoms with van der Waals surface area (Å²) in [5.41, 5.74) is 0.396. The molecule has 0 aliphatic carbocycles. The van der Waals surface area contributed by atoms with E-state index in [0.717, 1.165) is 26.1 Å². The summed E-state index contributed by atoms with van der Waals surface area (Å²) in [5.74, 6) is -0.0612. The Labute approximate surface area is 106 Å². The molecule has 6 nitrogen and oxygen atoms in total. The molecule has 2 heterocycles. The SMILES string of the molecule is O=C(c1cnccn1)N1CCCN(CCO)CC1. The third kappa shape index (κ3) is 3.24. The van der Waals surface area contributed by atoms with Crippen LogP contribution in [0.1, 0.15) is 16.9 Å². The van der Waals surface area contributed by atoms with Crippen molar-refractivity contribution >= 4 is 5.91 Å². The van der Waals surface area contributed by atoms with E-state index in [2.05, 4.69) is 14.9 Å². The highest BCUT2D eigenvalue weighted by atomic mass is 16.3. The Morgan fingerprint density at radius 1 is 1.28 bits per heavy atom. The smallest absolute Gasteiger partial charge is 0.274 e.